The van der Waals surface area contributed by atoms with E-state index in [1.165, 1.54) is 0 Å². The average molecular weight is 210 g/mol. The number of imidazole rings is 1. The van der Waals surface area contributed by atoms with Gasteiger partial charge in [0.1, 0.15) is 11.9 Å². The van der Waals surface area contributed by atoms with Crippen molar-refractivity contribution in [1.82, 2.24) is 9.55 Å². The lowest BCUT2D eigenvalue weighted by atomic mass is 10.2. The van der Waals surface area contributed by atoms with Gasteiger partial charge in [-0.2, -0.15) is 0 Å². The number of hydrogen-bond donors (Lipinski definition) is 0. The van der Waals surface area contributed by atoms with E-state index >= 15 is 0 Å². The van der Waals surface area contributed by atoms with Crippen molar-refractivity contribution in [3.63, 3.8) is 0 Å². The molecule has 0 aliphatic rings. The van der Waals surface area contributed by atoms with Gasteiger partial charge in [-0.3, -0.25) is 0 Å². The largest absolute Gasteiger partial charge is 0.464 e. The van der Waals surface area contributed by atoms with Crippen molar-refractivity contribution in [2.75, 3.05) is 6.61 Å². The van der Waals surface area contributed by atoms with Gasteiger partial charge in [-0.15, -0.1) is 0 Å². The lowest BCUT2D eigenvalue weighted by Crippen LogP contribution is -2.22. The number of carbonyl (C=O) groups is 1. The number of ether oxygens (including phenoxy) is 1. The van der Waals surface area contributed by atoms with Gasteiger partial charge < -0.3 is 9.30 Å². The summed E-state index contributed by atoms with van der Waals surface area (Å²) in [6.07, 6.45) is 5.11. The summed E-state index contributed by atoms with van der Waals surface area (Å²) in [5, 5.41) is 0. The van der Waals surface area contributed by atoms with E-state index in [-0.39, 0.29) is 12.0 Å². The number of carbonyl (C=O) groups excluding carboxylic acids is 1. The van der Waals surface area contributed by atoms with E-state index in [1.807, 2.05) is 31.5 Å². The maximum atomic E-state index is 11.7. The molecule has 0 saturated carbocycles. The number of nitrogens with zero attached hydrogens (tertiary/aromatic N) is 2. The third-order valence-corrected chi connectivity index (χ3v) is 2.35. The lowest BCUT2D eigenvalue weighted by molar-refractivity contribution is -0.147. The van der Waals surface area contributed by atoms with Gasteiger partial charge in [0, 0.05) is 18.8 Å². The molecule has 0 aliphatic heterocycles. The molecule has 1 heterocycles. The molecule has 4 nitrogen and oxygen atoms in total. The number of aryl methyl sites for hydroxylation is 1. The molecule has 1 unspecified atom stereocenters. The average Bonchev–Trinajstić information content (AvgIpc) is 2.67. The van der Waals surface area contributed by atoms with E-state index in [0.29, 0.717) is 6.61 Å². The van der Waals surface area contributed by atoms with Gasteiger partial charge in [0.15, 0.2) is 0 Å². The Kier molecular flexibility index (Phi) is 4.34. The van der Waals surface area contributed by atoms with Crippen LogP contribution in [0.5, 0.6) is 0 Å². The third kappa shape index (κ3) is 2.58. The van der Waals surface area contributed by atoms with Crippen LogP contribution in [0.1, 0.15) is 39.1 Å². The molecule has 0 aliphatic carbocycles. The molecule has 84 valence electrons. The van der Waals surface area contributed by atoms with E-state index in [0.717, 1.165) is 18.7 Å². The first-order valence-corrected chi connectivity index (χ1v) is 5.42. The zero-order valence-electron chi connectivity index (χ0n) is 9.56. The molecule has 0 fully saturated rings. The third-order valence-electron chi connectivity index (χ3n) is 2.35. The predicted molar refractivity (Wildman–Crippen MR) is 57.6 cm³/mol. The molecule has 1 aromatic rings. The Morgan fingerprint density at radius 1 is 1.53 bits per heavy atom. The second-order valence-corrected chi connectivity index (χ2v) is 3.28. The summed E-state index contributed by atoms with van der Waals surface area (Å²) in [5.74, 6) is 0.752. The summed E-state index contributed by atoms with van der Waals surface area (Å²) in [7, 11) is 0. The van der Waals surface area contributed by atoms with Gasteiger partial charge in [-0.1, -0.05) is 13.8 Å². The van der Waals surface area contributed by atoms with E-state index in [4.69, 9.17) is 4.74 Å². The van der Waals surface area contributed by atoms with Crippen molar-refractivity contribution < 1.29 is 9.53 Å². The minimum atomic E-state index is -0.234. The van der Waals surface area contributed by atoms with Crippen molar-refractivity contribution in [3.05, 3.63) is 18.2 Å². The number of aromatic nitrogens is 2. The van der Waals surface area contributed by atoms with Gasteiger partial charge in [0.2, 0.25) is 0 Å². The molecule has 1 aromatic heterocycles. The summed E-state index contributed by atoms with van der Waals surface area (Å²) in [5.41, 5.74) is 0. The summed E-state index contributed by atoms with van der Waals surface area (Å²) < 4.78 is 6.93. The summed E-state index contributed by atoms with van der Waals surface area (Å²) >= 11 is 0. The van der Waals surface area contributed by atoms with Crippen molar-refractivity contribution in [2.45, 2.75) is 39.7 Å². The molecule has 0 saturated heterocycles. The maximum absolute atomic E-state index is 11.7. The minimum absolute atomic E-state index is 0.173. The van der Waals surface area contributed by atoms with Crippen LogP contribution >= 0.6 is 0 Å². The Hall–Kier alpha value is -1.32. The molecule has 0 amide bonds. The van der Waals surface area contributed by atoms with Crippen LogP contribution in [0, 0.1) is 0 Å². The van der Waals surface area contributed by atoms with Crippen LogP contribution in [-0.4, -0.2) is 22.1 Å². The van der Waals surface area contributed by atoms with Gasteiger partial charge >= 0.3 is 5.97 Å². The van der Waals surface area contributed by atoms with E-state index in [1.54, 1.807) is 6.20 Å². The fourth-order valence-electron chi connectivity index (χ4n) is 1.62. The van der Waals surface area contributed by atoms with Crippen LogP contribution < -0.4 is 0 Å². The Labute approximate surface area is 90.3 Å². The molecule has 4 heteroatoms. The SMILES string of the molecule is CCOC(=O)C(CC)n1ccnc1CC. The van der Waals surface area contributed by atoms with Crippen LogP contribution in [0.4, 0.5) is 0 Å². The maximum Gasteiger partial charge on any atom is 0.329 e. The highest BCUT2D eigenvalue weighted by Crippen LogP contribution is 2.16. The molecule has 0 spiro atoms. The molecule has 0 aromatic carbocycles. The summed E-state index contributed by atoms with van der Waals surface area (Å²) in [6, 6.07) is -0.234. The van der Waals surface area contributed by atoms with Gasteiger partial charge in [-0.05, 0) is 13.3 Å². The molecule has 1 rings (SSSR count). The molecule has 0 N–H and O–H groups in total. The normalized spacial score (nSPS) is 12.5. The second-order valence-electron chi connectivity index (χ2n) is 3.28. The van der Waals surface area contributed by atoms with Crippen molar-refractivity contribution in [2.24, 2.45) is 0 Å². The Morgan fingerprint density at radius 2 is 2.27 bits per heavy atom. The summed E-state index contributed by atoms with van der Waals surface area (Å²) in [6.45, 7) is 6.24. The smallest absolute Gasteiger partial charge is 0.329 e. The predicted octanol–water partition coefficient (Wildman–Crippen LogP) is 1.96. The van der Waals surface area contributed by atoms with Crippen LogP contribution in [0.3, 0.4) is 0 Å². The monoisotopic (exact) mass is 210 g/mol. The zero-order chi connectivity index (χ0) is 11.3. The Balaban J connectivity index is 2.86. The lowest BCUT2D eigenvalue weighted by Gasteiger charge is -2.17. The molecular formula is C11H18N2O2. The topological polar surface area (TPSA) is 44.1 Å². The first-order valence-electron chi connectivity index (χ1n) is 5.42. The summed E-state index contributed by atoms with van der Waals surface area (Å²) in [4.78, 5) is 15.9. The quantitative estimate of drug-likeness (QED) is 0.698. The second kappa shape index (κ2) is 5.53. The Bertz CT molecular complexity index is 320. The minimum Gasteiger partial charge on any atom is -0.464 e. The first-order chi connectivity index (χ1) is 7.24. The highest BCUT2D eigenvalue weighted by atomic mass is 16.5. The van der Waals surface area contributed by atoms with Gasteiger partial charge in [-0.25, -0.2) is 9.78 Å². The van der Waals surface area contributed by atoms with Crippen LogP contribution in [-0.2, 0) is 16.0 Å². The van der Waals surface area contributed by atoms with Crippen molar-refractivity contribution in [1.29, 1.82) is 0 Å². The molecule has 1 atom stereocenters. The molecule has 0 bridgehead atoms. The Morgan fingerprint density at radius 3 is 2.80 bits per heavy atom. The van der Waals surface area contributed by atoms with E-state index in [9.17, 15) is 4.79 Å². The van der Waals surface area contributed by atoms with Gasteiger partial charge in [0.05, 0.1) is 6.61 Å². The van der Waals surface area contributed by atoms with Crippen LogP contribution in [0.25, 0.3) is 0 Å². The van der Waals surface area contributed by atoms with Crippen molar-refractivity contribution >= 4 is 5.97 Å². The van der Waals surface area contributed by atoms with Crippen LogP contribution in [0.15, 0.2) is 12.4 Å². The highest BCUT2D eigenvalue weighted by molar-refractivity contribution is 5.74. The standard InChI is InChI=1S/C11H18N2O2/c1-4-9(11(14)15-6-3)13-8-7-12-10(13)5-2/h7-9H,4-6H2,1-3H3. The fraction of sp³-hybridized carbons (Fsp3) is 0.636. The molecule has 15 heavy (non-hydrogen) atoms. The molecule has 0 radical (unpaired) electrons. The number of esters is 1. The number of rotatable bonds is 5. The first kappa shape index (κ1) is 11.8. The van der Waals surface area contributed by atoms with Crippen LogP contribution in [0.2, 0.25) is 0 Å². The van der Waals surface area contributed by atoms with E-state index in [2.05, 4.69) is 4.98 Å². The zero-order valence-corrected chi connectivity index (χ0v) is 9.56. The fourth-order valence-corrected chi connectivity index (χ4v) is 1.62. The van der Waals surface area contributed by atoms with Crippen molar-refractivity contribution in [3.8, 4) is 0 Å². The number of hydrogen-bond acceptors (Lipinski definition) is 3. The van der Waals surface area contributed by atoms with Gasteiger partial charge in [0.25, 0.3) is 0 Å². The highest BCUT2D eigenvalue weighted by Gasteiger charge is 2.21. The van der Waals surface area contributed by atoms with E-state index < -0.39 is 0 Å². The molecular weight excluding hydrogens is 192 g/mol.